The zero-order chi connectivity index (χ0) is 14.6. The average molecular weight is 278 g/mol. The summed E-state index contributed by atoms with van der Waals surface area (Å²) in [5.74, 6) is 5.03. The lowest BCUT2D eigenvalue weighted by atomic mass is 10.2. The van der Waals surface area contributed by atoms with Gasteiger partial charge in [-0.25, -0.2) is 10.7 Å². The van der Waals surface area contributed by atoms with Gasteiger partial charge in [0, 0.05) is 7.05 Å². The van der Waals surface area contributed by atoms with Gasteiger partial charge >= 0.3 is 6.09 Å². The molecule has 0 aliphatic carbocycles. The molecule has 0 aliphatic heterocycles. The number of rotatable bonds is 6. The number of nitrogens with two attached hydrogens (primary N) is 1. The Kier molecular flexibility index (Phi) is 6.28. The normalized spacial score (nSPS) is 14.4. The molecule has 1 amide bonds. The minimum atomic E-state index is -1.89. The first-order chi connectivity index (χ1) is 8.03. The zero-order valence-corrected chi connectivity index (χ0v) is 13.2. The SMILES string of the molecule is CN(C(=O)O)[C@@H](CON)CO[Si](C)(C)C(C)(C)C. The summed E-state index contributed by atoms with van der Waals surface area (Å²) in [4.78, 5) is 16.6. The highest BCUT2D eigenvalue weighted by atomic mass is 28.4. The van der Waals surface area contributed by atoms with E-state index < -0.39 is 14.4 Å². The number of nitrogens with zero attached hydrogens (tertiary/aromatic N) is 1. The molecule has 0 fully saturated rings. The maximum absolute atomic E-state index is 10.9. The van der Waals surface area contributed by atoms with E-state index in [0.717, 1.165) is 0 Å². The molecule has 18 heavy (non-hydrogen) atoms. The molecule has 6 nitrogen and oxygen atoms in total. The first-order valence-electron chi connectivity index (χ1n) is 5.94. The van der Waals surface area contributed by atoms with Gasteiger partial charge < -0.3 is 19.3 Å². The van der Waals surface area contributed by atoms with E-state index in [1.807, 2.05) is 0 Å². The molecule has 0 aromatic rings. The van der Waals surface area contributed by atoms with Crippen molar-refractivity contribution < 1.29 is 19.2 Å². The van der Waals surface area contributed by atoms with Crippen molar-refractivity contribution in [2.45, 2.75) is 44.9 Å². The summed E-state index contributed by atoms with van der Waals surface area (Å²) in [6.07, 6.45) is -1.02. The van der Waals surface area contributed by atoms with Crippen molar-refractivity contribution >= 4 is 14.4 Å². The standard InChI is InChI=1S/C11H26N2O4Si/c1-11(2,3)18(5,6)17-8-9(7-16-12)13(4)10(14)15/h9H,7-8,12H2,1-6H3,(H,14,15)/t9-/m0/s1. The number of carbonyl (C=O) groups is 1. The van der Waals surface area contributed by atoms with Gasteiger partial charge in [0.2, 0.25) is 0 Å². The van der Waals surface area contributed by atoms with Crippen LogP contribution in [0.3, 0.4) is 0 Å². The van der Waals surface area contributed by atoms with Crippen LogP contribution >= 0.6 is 0 Å². The Morgan fingerprint density at radius 1 is 1.39 bits per heavy atom. The highest BCUT2D eigenvalue weighted by Crippen LogP contribution is 2.36. The molecule has 0 aromatic heterocycles. The lowest BCUT2D eigenvalue weighted by Gasteiger charge is -2.38. The molecule has 0 aliphatic rings. The van der Waals surface area contributed by atoms with Crippen LogP contribution in [0.25, 0.3) is 0 Å². The highest BCUT2D eigenvalue weighted by Gasteiger charge is 2.38. The Balaban J connectivity index is 4.58. The van der Waals surface area contributed by atoms with E-state index in [1.54, 1.807) is 0 Å². The largest absolute Gasteiger partial charge is 0.465 e. The van der Waals surface area contributed by atoms with E-state index >= 15 is 0 Å². The van der Waals surface area contributed by atoms with E-state index in [4.69, 9.17) is 15.4 Å². The van der Waals surface area contributed by atoms with Crippen LogP contribution in [0.2, 0.25) is 18.1 Å². The molecule has 3 N–H and O–H groups in total. The van der Waals surface area contributed by atoms with Crippen molar-refractivity contribution in [3.05, 3.63) is 0 Å². The van der Waals surface area contributed by atoms with Crippen LogP contribution in [0, 0.1) is 0 Å². The van der Waals surface area contributed by atoms with E-state index in [2.05, 4.69) is 38.7 Å². The molecule has 108 valence electrons. The Bertz CT molecular complexity index is 279. The van der Waals surface area contributed by atoms with Crippen LogP contribution in [0.5, 0.6) is 0 Å². The lowest BCUT2D eigenvalue weighted by molar-refractivity contribution is 0.0445. The van der Waals surface area contributed by atoms with Gasteiger partial charge in [-0.05, 0) is 18.1 Å². The second kappa shape index (κ2) is 6.51. The van der Waals surface area contributed by atoms with Crippen molar-refractivity contribution in [2.75, 3.05) is 20.3 Å². The molecule has 0 heterocycles. The quantitative estimate of drug-likeness (QED) is 0.572. The minimum Gasteiger partial charge on any atom is -0.465 e. The summed E-state index contributed by atoms with van der Waals surface area (Å²) in [7, 11) is -0.406. The van der Waals surface area contributed by atoms with Gasteiger partial charge in [-0.2, -0.15) is 0 Å². The molecular weight excluding hydrogens is 252 g/mol. The third-order valence-electron chi connectivity index (χ3n) is 3.58. The number of likely N-dealkylation sites (N-methyl/N-ethyl adjacent to an activating group) is 1. The van der Waals surface area contributed by atoms with Crippen molar-refractivity contribution in [2.24, 2.45) is 5.90 Å². The van der Waals surface area contributed by atoms with Crippen molar-refractivity contribution in [3.8, 4) is 0 Å². The van der Waals surface area contributed by atoms with Crippen molar-refractivity contribution in [1.82, 2.24) is 4.90 Å². The van der Waals surface area contributed by atoms with Gasteiger partial charge in [0.1, 0.15) is 0 Å². The fraction of sp³-hybridized carbons (Fsp3) is 0.909. The molecule has 0 bridgehead atoms. The third kappa shape index (κ3) is 4.93. The van der Waals surface area contributed by atoms with E-state index in [9.17, 15) is 4.79 Å². The van der Waals surface area contributed by atoms with Gasteiger partial charge in [0.25, 0.3) is 0 Å². The molecule has 0 unspecified atom stereocenters. The fourth-order valence-electron chi connectivity index (χ4n) is 1.06. The Morgan fingerprint density at radius 2 is 1.89 bits per heavy atom. The molecule has 1 atom stereocenters. The van der Waals surface area contributed by atoms with Gasteiger partial charge in [-0.1, -0.05) is 20.8 Å². The number of hydrogen-bond donors (Lipinski definition) is 2. The number of carboxylic acid groups (broad SMARTS) is 1. The summed E-state index contributed by atoms with van der Waals surface area (Å²) in [6.45, 7) is 11.1. The van der Waals surface area contributed by atoms with E-state index in [0.29, 0.717) is 6.61 Å². The highest BCUT2D eigenvalue weighted by molar-refractivity contribution is 6.74. The van der Waals surface area contributed by atoms with Gasteiger partial charge in [0.15, 0.2) is 8.32 Å². The van der Waals surface area contributed by atoms with Crippen LogP contribution in [-0.2, 0) is 9.26 Å². The Labute approximate surface area is 110 Å². The van der Waals surface area contributed by atoms with Crippen LogP contribution in [0.4, 0.5) is 4.79 Å². The monoisotopic (exact) mass is 278 g/mol. The topological polar surface area (TPSA) is 85.0 Å². The van der Waals surface area contributed by atoms with Crippen LogP contribution < -0.4 is 5.90 Å². The van der Waals surface area contributed by atoms with E-state index in [1.165, 1.54) is 11.9 Å². The number of hydrogen-bond acceptors (Lipinski definition) is 4. The lowest BCUT2D eigenvalue weighted by Crippen LogP contribution is -2.48. The molecule has 0 saturated heterocycles. The van der Waals surface area contributed by atoms with Crippen LogP contribution in [-0.4, -0.2) is 50.7 Å². The smallest absolute Gasteiger partial charge is 0.407 e. The summed E-state index contributed by atoms with van der Waals surface area (Å²) >= 11 is 0. The second-order valence-corrected chi connectivity index (χ2v) is 10.8. The average Bonchev–Trinajstić information content (AvgIpc) is 2.21. The Morgan fingerprint density at radius 3 is 2.22 bits per heavy atom. The molecule has 7 heteroatoms. The number of amides is 1. The second-order valence-electron chi connectivity index (χ2n) is 5.95. The molecule has 0 spiro atoms. The van der Waals surface area contributed by atoms with Crippen LogP contribution in [0.15, 0.2) is 0 Å². The molecule has 0 saturated carbocycles. The predicted molar refractivity (Wildman–Crippen MR) is 72.9 cm³/mol. The third-order valence-corrected chi connectivity index (χ3v) is 8.08. The first-order valence-corrected chi connectivity index (χ1v) is 8.85. The zero-order valence-electron chi connectivity index (χ0n) is 12.2. The fourth-order valence-corrected chi connectivity index (χ4v) is 2.10. The van der Waals surface area contributed by atoms with Gasteiger partial charge in [-0.15, -0.1) is 0 Å². The molecular formula is C11H26N2O4Si. The summed E-state index contributed by atoms with van der Waals surface area (Å²) < 4.78 is 5.98. The Hall–Kier alpha value is -0.633. The van der Waals surface area contributed by atoms with Crippen LogP contribution in [0.1, 0.15) is 20.8 Å². The van der Waals surface area contributed by atoms with Gasteiger partial charge in [-0.3, -0.25) is 0 Å². The molecule has 0 rings (SSSR count). The molecule has 0 radical (unpaired) electrons. The predicted octanol–water partition coefficient (Wildman–Crippen LogP) is 1.88. The maximum Gasteiger partial charge on any atom is 0.407 e. The van der Waals surface area contributed by atoms with E-state index in [-0.39, 0.29) is 17.7 Å². The van der Waals surface area contributed by atoms with Crippen molar-refractivity contribution in [1.29, 1.82) is 0 Å². The molecule has 0 aromatic carbocycles. The van der Waals surface area contributed by atoms with Gasteiger partial charge in [0.05, 0.1) is 19.3 Å². The maximum atomic E-state index is 10.9. The summed E-state index contributed by atoms with van der Waals surface area (Å²) in [5.41, 5.74) is 0. The minimum absolute atomic E-state index is 0.0862. The summed E-state index contributed by atoms with van der Waals surface area (Å²) in [5, 5.41) is 9.04. The first kappa shape index (κ1) is 17.4. The summed E-state index contributed by atoms with van der Waals surface area (Å²) in [6, 6.07) is -0.387. The van der Waals surface area contributed by atoms with Crippen molar-refractivity contribution in [3.63, 3.8) is 0 Å².